The van der Waals surface area contributed by atoms with Crippen LogP contribution >= 0.6 is 0 Å². The predicted molar refractivity (Wildman–Crippen MR) is 223 cm³/mol. The van der Waals surface area contributed by atoms with Gasteiger partial charge in [-0.3, -0.25) is 9.36 Å². The Balaban J connectivity index is 1.46. The first-order chi connectivity index (χ1) is 26.4. The summed E-state index contributed by atoms with van der Waals surface area (Å²) in [5.41, 5.74) is 2.11. The van der Waals surface area contributed by atoms with E-state index in [1.807, 2.05) is 47.1 Å². The zero-order valence-corrected chi connectivity index (χ0v) is 38.1. The maximum atomic E-state index is 12.6. The highest BCUT2D eigenvalue weighted by Crippen LogP contribution is 2.57. The molecule has 17 heteroatoms. The summed E-state index contributed by atoms with van der Waals surface area (Å²) >= 11 is 0. The molecule has 0 bridgehead atoms. The number of carbonyl (C=O) groups excluding carboxylic acids is 1. The van der Waals surface area contributed by atoms with E-state index in [2.05, 4.69) is 101 Å². The van der Waals surface area contributed by atoms with Gasteiger partial charge in [-0.1, -0.05) is 98.7 Å². The number of rotatable bonds is 10. The minimum Gasteiger partial charge on any atom is -0.442 e. The van der Waals surface area contributed by atoms with Gasteiger partial charge in [0.2, 0.25) is 5.95 Å². The maximum Gasteiger partial charge on any atom is 0.349 e. The molecule has 2 fully saturated rings. The minimum atomic E-state index is -2.93. The highest BCUT2D eigenvalue weighted by atomic mass is 28.4. The fraction of sp³-hybridized carbons (Fsp3) is 0.625. The van der Waals surface area contributed by atoms with Gasteiger partial charge in [-0.05, 0) is 61.0 Å². The fourth-order valence-electron chi connectivity index (χ4n) is 7.27. The molecule has 0 radical (unpaired) electrons. The predicted octanol–water partition coefficient (Wildman–Crippen LogP) is 7.89. The summed E-state index contributed by atoms with van der Waals surface area (Å²) in [6.07, 6.45) is 3.41. The molecule has 0 saturated carbocycles. The molecule has 1 N–H and O–H groups in total. The van der Waals surface area contributed by atoms with Gasteiger partial charge < -0.3 is 28.1 Å². The van der Waals surface area contributed by atoms with E-state index in [-0.39, 0.29) is 34.4 Å². The maximum absolute atomic E-state index is 12.6. The first-order valence-electron chi connectivity index (χ1n) is 19.7. The number of tetrazole rings is 1. The van der Waals surface area contributed by atoms with E-state index in [9.17, 15) is 4.79 Å². The van der Waals surface area contributed by atoms with Gasteiger partial charge in [0.15, 0.2) is 32.7 Å². The van der Waals surface area contributed by atoms with E-state index in [1.165, 1.54) is 4.68 Å². The Bertz CT molecular complexity index is 2060. The van der Waals surface area contributed by atoms with Crippen LogP contribution in [-0.4, -0.2) is 87.5 Å². The number of nitrogens with one attached hydrogen (secondary N) is 1. The van der Waals surface area contributed by atoms with Gasteiger partial charge in [-0.15, -0.1) is 5.10 Å². The zero-order valence-electron chi connectivity index (χ0n) is 36.1. The van der Waals surface area contributed by atoms with Crippen LogP contribution in [0.1, 0.15) is 106 Å². The number of imidazole rings is 1. The number of ether oxygens (including phenoxy) is 2. The molecule has 15 nitrogen and oxygen atoms in total. The summed E-state index contributed by atoms with van der Waals surface area (Å²) in [6.45, 7) is 30.2. The molecule has 57 heavy (non-hydrogen) atoms. The first kappa shape index (κ1) is 42.7. The van der Waals surface area contributed by atoms with Crippen molar-refractivity contribution in [3.63, 3.8) is 0 Å². The summed E-state index contributed by atoms with van der Waals surface area (Å²) in [5.74, 6) is 0.519. The van der Waals surface area contributed by atoms with Gasteiger partial charge in [0.25, 0.3) is 0 Å². The second-order valence-corrected chi connectivity index (χ2v) is 29.2. The first-order valence-corrected chi connectivity index (χ1v) is 24.4. The molecule has 3 aromatic heterocycles. The third-order valence-corrected chi connectivity index (χ3v) is 20.8. The van der Waals surface area contributed by atoms with Gasteiger partial charge >= 0.3 is 14.5 Å². The van der Waals surface area contributed by atoms with Crippen molar-refractivity contribution in [1.82, 2.24) is 39.7 Å². The Labute approximate surface area is 338 Å². The van der Waals surface area contributed by atoms with Crippen molar-refractivity contribution in [2.75, 3.05) is 11.9 Å². The van der Waals surface area contributed by atoms with Gasteiger partial charge in [-0.25, -0.2) is 15.0 Å². The number of carbonyl (C=O) groups is 1. The van der Waals surface area contributed by atoms with Crippen LogP contribution in [0.3, 0.4) is 0 Å². The third kappa shape index (κ3) is 8.50. The number of aromatic nitrogens is 8. The molecule has 2 aliphatic heterocycles. The van der Waals surface area contributed by atoms with Crippen molar-refractivity contribution >= 4 is 52.1 Å². The number of hydrogen-bond donors (Lipinski definition) is 1. The van der Waals surface area contributed by atoms with E-state index in [0.29, 0.717) is 35.2 Å². The smallest absolute Gasteiger partial charge is 0.349 e. The lowest BCUT2D eigenvalue weighted by atomic mass is 9.98. The monoisotopic (exact) mass is 819 g/mol. The molecule has 5 heterocycles. The van der Waals surface area contributed by atoms with E-state index in [4.69, 9.17) is 32.7 Å². The van der Waals surface area contributed by atoms with Crippen LogP contribution in [-0.2, 0) is 40.8 Å². The van der Waals surface area contributed by atoms with Crippen molar-refractivity contribution in [3.05, 3.63) is 53.7 Å². The molecule has 4 atom stereocenters. The van der Waals surface area contributed by atoms with E-state index < -0.39 is 46.8 Å². The summed E-state index contributed by atoms with van der Waals surface area (Å²) in [5, 5.41) is 15.1. The average molecular weight is 820 g/mol. The second-order valence-electron chi connectivity index (χ2n) is 19.7. The number of esters is 1. The third-order valence-electron chi connectivity index (χ3n) is 11.2. The van der Waals surface area contributed by atoms with Crippen molar-refractivity contribution < 1.29 is 27.5 Å². The molecule has 0 aliphatic carbocycles. The van der Waals surface area contributed by atoms with Crippen molar-refractivity contribution in [2.45, 2.75) is 149 Å². The molecule has 6 rings (SSSR count). The van der Waals surface area contributed by atoms with E-state index in [0.717, 1.165) is 5.56 Å². The number of hydrogen-bond acceptors (Lipinski definition) is 13. The summed E-state index contributed by atoms with van der Waals surface area (Å²) in [6, 6.07) is 10.0. The Kier molecular flexibility index (Phi) is 11.5. The number of nitrogens with zero attached hydrogens (tertiary/aromatic N) is 8. The molecule has 0 amide bonds. The molecular weight excluding hydrogens is 759 g/mol. The zero-order chi connectivity index (χ0) is 41.8. The van der Waals surface area contributed by atoms with Crippen molar-refractivity contribution in [2.24, 2.45) is 5.41 Å². The SMILES string of the molecule is CC(C)(C)C(=O)OCn1nnnc1CNc1nc2c(/C=C/c3ccccc3)ncnc2n1[C@@H]1O[C@@H]2CO[Si](C(C)(C)C)(C(C)(C)C)O[C@H]2[C@H]1O[Si](C)(C)C(C)(C)C. The highest BCUT2D eigenvalue weighted by Gasteiger charge is 2.66. The lowest BCUT2D eigenvalue weighted by Crippen LogP contribution is -2.66. The number of fused-ring (bicyclic) bond motifs is 2. The topological polar surface area (TPSA) is 162 Å². The van der Waals surface area contributed by atoms with Crippen LogP contribution < -0.4 is 5.32 Å². The minimum absolute atomic E-state index is 0.105. The Morgan fingerprint density at radius 1 is 0.982 bits per heavy atom. The molecule has 2 saturated heterocycles. The number of benzene rings is 1. The number of anilines is 1. The van der Waals surface area contributed by atoms with Crippen molar-refractivity contribution in [1.29, 1.82) is 0 Å². The normalized spacial score (nSPS) is 21.9. The average Bonchev–Trinajstić information content (AvgIpc) is 3.82. The molecule has 1 aromatic carbocycles. The van der Waals surface area contributed by atoms with Crippen LogP contribution in [0.5, 0.6) is 0 Å². The van der Waals surface area contributed by atoms with Crippen molar-refractivity contribution in [3.8, 4) is 0 Å². The molecule has 2 aliphatic rings. The quantitative estimate of drug-likeness (QED) is 0.122. The summed E-state index contributed by atoms with van der Waals surface area (Å²) < 4.78 is 37.7. The van der Waals surface area contributed by atoms with Crippen LogP contribution in [0.15, 0.2) is 36.7 Å². The van der Waals surface area contributed by atoms with Gasteiger partial charge in [-0.2, -0.15) is 4.68 Å². The van der Waals surface area contributed by atoms with Gasteiger partial charge in [0, 0.05) is 10.1 Å². The summed E-state index contributed by atoms with van der Waals surface area (Å²) in [4.78, 5) is 27.2. The largest absolute Gasteiger partial charge is 0.442 e. The standard InChI is InChI=1S/C40H61N9O6Si2/c1-37(2,3)35(50)51-25-48-29(45-46-47-48)22-41-36-44-30-27(21-20-26-18-16-15-17-19-26)42-24-43-33(30)49(36)34-32(54-56(13,14)38(4,5)6)31-28(53-34)23-52-57(55-31,39(7,8)9)40(10,11)12/h15-21,24,28,31-32,34H,22-23,25H2,1-14H3,(H,41,44)/b21-20+/t28-,31-,32-,34-/m1/s1. The fourth-order valence-corrected chi connectivity index (χ4v) is 13.5. The van der Waals surface area contributed by atoms with Gasteiger partial charge in [0.1, 0.15) is 30.2 Å². The van der Waals surface area contributed by atoms with E-state index in [1.54, 1.807) is 27.1 Å². The Morgan fingerprint density at radius 3 is 2.30 bits per heavy atom. The molecule has 0 spiro atoms. The lowest BCUT2D eigenvalue weighted by Gasteiger charge is -2.54. The molecule has 4 aromatic rings. The van der Waals surface area contributed by atoms with Crippen LogP contribution in [0.4, 0.5) is 5.95 Å². The van der Waals surface area contributed by atoms with Crippen LogP contribution in [0.25, 0.3) is 23.3 Å². The van der Waals surface area contributed by atoms with Crippen LogP contribution in [0.2, 0.25) is 28.2 Å². The molecule has 310 valence electrons. The second kappa shape index (κ2) is 15.4. The highest BCUT2D eigenvalue weighted by molar-refractivity contribution is 6.74. The Hall–Kier alpha value is -3.88. The lowest BCUT2D eigenvalue weighted by molar-refractivity contribution is -0.157. The molecule has 0 unspecified atom stereocenters. The molecular formula is C40H61N9O6Si2. The van der Waals surface area contributed by atoms with Gasteiger partial charge in [0.05, 0.1) is 24.3 Å². The van der Waals surface area contributed by atoms with E-state index >= 15 is 0 Å². The summed E-state index contributed by atoms with van der Waals surface area (Å²) in [7, 11) is -5.38. The Morgan fingerprint density at radius 2 is 1.67 bits per heavy atom. The van der Waals surface area contributed by atoms with Crippen LogP contribution in [0, 0.1) is 5.41 Å².